The molecule has 0 saturated heterocycles. The molecule has 0 bridgehead atoms. The standard InChI is InChI=1S/C33H26NO.C19H16NO/c1-24-12-11-19-28-22-34(23-35-33(24)28)32-30(26-15-7-3-8-16-26)20-29(25-13-5-2-6-14-25)21-31(32)27-17-9-4-10-18-27;1-14-5-4-8-17-12-20(13-21-19(14)17)18-10-9-15-6-2-3-7-16(15)11-18/h2-22H,23H2,1H3;2-12H,13H2,1H3/q2*+1. The van der Waals surface area contributed by atoms with Crippen LogP contribution in [0.15, 0.2) is 182 Å². The van der Waals surface area contributed by atoms with E-state index in [0.717, 1.165) is 39.6 Å². The number of hydrogen-bond acceptors (Lipinski definition) is 2. The maximum absolute atomic E-state index is 6.31. The first-order valence-electron chi connectivity index (χ1n) is 19.1. The van der Waals surface area contributed by atoms with Crippen molar-refractivity contribution in [2.24, 2.45) is 0 Å². The van der Waals surface area contributed by atoms with Gasteiger partial charge >= 0.3 is 0 Å². The summed E-state index contributed by atoms with van der Waals surface area (Å²) in [6, 6.07) is 64.0. The van der Waals surface area contributed by atoms with Crippen LogP contribution in [-0.4, -0.2) is 35.0 Å². The number of aryl methyl sites for hydroxylation is 2. The van der Waals surface area contributed by atoms with Crippen LogP contribution in [0.2, 0.25) is 0 Å². The van der Waals surface area contributed by atoms with Crippen molar-refractivity contribution in [3.63, 3.8) is 0 Å². The molecule has 8 aromatic rings. The minimum atomic E-state index is 0.461. The van der Waals surface area contributed by atoms with Gasteiger partial charge in [0.2, 0.25) is 11.4 Å². The van der Waals surface area contributed by atoms with Gasteiger partial charge in [-0.3, -0.25) is 0 Å². The van der Waals surface area contributed by atoms with E-state index in [1.165, 1.54) is 49.7 Å². The monoisotopic (exact) mass is 726 g/mol. The van der Waals surface area contributed by atoms with Gasteiger partial charge in [0, 0.05) is 12.1 Å². The molecule has 270 valence electrons. The van der Waals surface area contributed by atoms with E-state index < -0.39 is 0 Å². The highest BCUT2D eigenvalue weighted by atomic mass is 16.5. The van der Waals surface area contributed by atoms with Crippen molar-refractivity contribution in [1.82, 2.24) is 0 Å². The van der Waals surface area contributed by atoms with Crippen LogP contribution >= 0.6 is 0 Å². The van der Waals surface area contributed by atoms with Crippen molar-refractivity contribution in [3.05, 3.63) is 204 Å². The number of ether oxygens (including phenoxy) is 2. The van der Waals surface area contributed by atoms with Crippen LogP contribution in [0.3, 0.4) is 0 Å². The van der Waals surface area contributed by atoms with Crippen LogP contribution in [0.25, 0.3) is 44.2 Å². The molecule has 0 amide bonds. The lowest BCUT2D eigenvalue weighted by Crippen LogP contribution is -2.22. The SMILES string of the molecule is Cc1cccc2c1OC[N+](c1c(-c3ccccc3)cc(-c3ccccc3)cc1-c1ccccc1)=C2.Cc1cccc2c1OC[N+](c1ccc3ccccc3c1)=C2. The largest absolute Gasteiger partial charge is 0.435 e. The van der Waals surface area contributed by atoms with Crippen LogP contribution in [0.4, 0.5) is 11.4 Å². The molecule has 8 aromatic carbocycles. The van der Waals surface area contributed by atoms with Gasteiger partial charge in [0.05, 0.1) is 22.3 Å². The van der Waals surface area contributed by atoms with Gasteiger partial charge in [-0.2, -0.15) is 9.15 Å². The Labute approximate surface area is 328 Å². The fraction of sp³-hybridized carbons (Fsp3) is 0.0769. The van der Waals surface area contributed by atoms with Gasteiger partial charge < -0.3 is 9.47 Å². The summed E-state index contributed by atoms with van der Waals surface area (Å²) in [7, 11) is 0. The van der Waals surface area contributed by atoms with Crippen molar-refractivity contribution in [2.45, 2.75) is 13.8 Å². The molecule has 0 saturated carbocycles. The van der Waals surface area contributed by atoms with Crippen molar-refractivity contribution >= 4 is 34.6 Å². The third-order valence-electron chi connectivity index (χ3n) is 10.5. The number of para-hydroxylation sites is 2. The first-order valence-corrected chi connectivity index (χ1v) is 19.1. The van der Waals surface area contributed by atoms with Crippen LogP contribution < -0.4 is 9.47 Å². The molecule has 2 aliphatic rings. The van der Waals surface area contributed by atoms with Crippen LogP contribution in [0.1, 0.15) is 22.3 Å². The smallest absolute Gasteiger partial charge is 0.292 e. The number of fused-ring (bicyclic) bond motifs is 3. The molecule has 2 heterocycles. The predicted octanol–water partition coefficient (Wildman–Crippen LogP) is 12.4. The first kappa shape index (κ1) is 34.7. The van der Waals surface area contributed by atoms with Gasteiger partial charge in [-0.05, 0) is 88.3 Å². The average Bonchev–Trinajstić information content (AvgIpc) is 3.27. The fourth-order valence-corrected chi connectivity index (χ4v) is 7.68. The molecule has 10 rings (SSSR count). The Bertz CT molecular complexity index is 2690. The third kappa shape index (κ3) is 7.01. The molecule has 4 nitrogen and oxygen atoms in total. The average molecular weight is 727 g/mol. The molecule has 0 unspecified atom stereocenters. The van der Waals surface area contributed by atoms with Gasteiger partial charge in [-0.25, -0.2) is 0 Å². The summed E-state index contributed by atoms with van der Waals surface area (Å²) in [6.07, 6.45) is 4.39. The second kappa shape index (κ2) is 15.4. The maximum atomic E-state index is 6.31. The summed E-state index contributed by atoms with van der Waals surface area (Å²) in [5.41, 5.74) is 14.0. The van der Waals surface area contributed by atoms with Crippen molar-refractivity contribution in [3.8, 4) is 44.9 Å². The van der Waals surface area contributed by atoms with Gasteiger partial charge in [0.25, 0.3) is 13.5 Å². The second-order valence-electron chi connectivity index (χ2n) is 14.3. The van der Waals surface area contributed by atoms with Gasteiger partial charge in [0.15, 0.2) is 12.4 Å². The molecule has 0 aromatic heterocycles. The summed E-state index contributed by atoms with van der Waals surface area (Å²) in [4.78, 5) is 0. The minimum absolute atomic E-state index is 0.461. The van der Waals surface area contributed by atoms with Gasteiger partial charge in [-0.15, -0.1) is 0 Å². The highest BCUT2D eigenvalue weighted by molar-refractivity contribution is 5.93. The molecular formula is C52H42N2O2+2. The van der Waals surface area contributed by atoms with Crippen LogP contribution in [-0.2, 0) is 0 Å². The highest BCUT2D eigenvalue weighted by Gasteiger charge is 2.28. The molecule has 56 heavy (non-hydrogen) atoms. The molecule has 4 heteroatoms. The van der Waals surface area contributed by atoms with E-state index in [2.05, 4.69) is 217 Å². The van der Waals surface area contributed by atoms with Crippen LogP contribution in [0.5, 0.6) is 11.5 Å². The Morgan fingerprint density at radius 2 is 0.875 bits per heavy atom. The van der Waals surface area contributed by atoms with E-state index in [1.54, 1.807) is 0 Å². The van der Waals surface area contributed by atoms with Crippen molar-refractivity contribution < 1.29 is 18.6 Å². The Balaban J connectivity index is 0.000000166. The number of rotatable bonds is 5. The van der Waals surface area contributed by atoms with Gasteiger partial charge in [0.1, 0.15) is 11.5 Å². The molecular weight excluding hydrogens is 685 g/mol. The zero-order valence-electron chi connectivity index (χ0n) is 31.6. The Morgan fingerprint density at radius 3 is 1.45 bits per heavy atom. The zero-order valence-corrected chi connectivity index (χ0v) is 31.6. The molecule has 0 spiro atoms. The lowest BCUT2D eigenvalue weighted by Gasteiger charge is -2.20. The summed E-state index contributed by atoms with van der Waals surface area (Å²) in [5.74, 6) is 1.96. The minimum Gasteiger partial charge on any atom is -0.435 e. The van der Waals surface area contributed by atoms with E-state index in [9.17, 15) is 0 Å². The van der Waals surface area contributed by atoms with Crippen LogP contribution in [0, 0.1) is 13.8 Å². The van der Waals surface area contributed by atoms with E-state index in [4.69, 9.17) is 9.47 Å². The Morgan fingerprint density at radius 1 is 0.393 bits per heavy atom. The maximum Gasteiger partial charge on any atom is 0.292 e. The van der Waals surface area contributed by atoms with E-state index in [-0.39, 0.29) is 0 Å². The molecule has 0 aliphatic carbocycles. The zero-order chi connectivity index (χ0) is 37.8. The topological polar surface area (TPSA) is 24.5 Å². The Kier molecular flexibility index (Phi) is 9.53. The molecule has 0 atom stereocenters. The number of nitrogens with zero attached hydrogens (tertiary/aromatic N) is 2. The molecule has 0 fully saturated rings. The molecule has 0 radical (unpaired) electrons. The lowest BCUT2D eigenvalue weighted by atomic mass is 9.90. The van der Waals surface area contributed by atoms with Crippen molar-refractivity contribution in [2.75, 3.05) is 13.5 Å². The summed E-state index contributed by atoms with van der Waals surface area (Å²) in [6.45, 7) is 5.19. The first-order chi connectivity index (χ1) is 27.6. The number of hydrogen-bond donors (Lipinski definition) is 0. The number of benzene rings is 8. The quantitative estimate of drug-likeness (QED) is 0.165. The van der Waals surface area contributed by atoms with E-state index in [1.807, 2.05) is 0 Å². The molecule has 2 aliphatic heterocycles. The summed E-state index contributed by atoms with van der Waals surface area (Å²) in [5, 5.41) is 2.51. The summed E-state index contributed by atoms with van der Waals surface area (Å²) < 4.78 is 16.6. The third-order valence-corrected chi connectivity index (χ3v) is 10.5. The van der Waals surface area contributed by atoms with E-state index >= 15 is 0 Å². The normalized spacial score (nSPS) is 12.8. The predicted molar refractivity (Wildman–Crippen MR) is 230 cm³/mol. The fourth-order valence-electron chi connectivity index (χ4n) is 7.68. The van der Waals surface area contributed by atoms with Crippen molar-refractivity contribution in [1.29, 1.82) is 0 Å². The van der Waals surface area contributed by atoms with E-state index in [0.29, 0.717) is 13.5 Å². The van der Waals surface area contributed by atoms with Gasteiger partial charge in [-0.1, -0.05) is 140 Å². The summed E-state index contributed by atoms with van der Waals surface area (Å²) >= 11 is 0. The highest BCUT2D eigenvalue weighted by Crippen LogP contribution is 2.43. The lowest BCUT2D eigenvalue weighted by molar-refractivity contribution is -0.476. The Hall–Kier alpha value is -7.04. The second-order valence-corrected chi connectivity index (χ2v) is 14.3. The molecule has 0 N–H and O–H groups in total.